The Kier molecular flexibility index (Phi) is 12.3. The van der Waals surface area contributed by atoms with Crippen LogP contribution >= 0.6 is 11.8 Å². The number of aromatic amines is 1. The lowest BCUT2D eigenvalue weighted by atomic mass is 10.1. The third-order valence-electron chi connectivity index (χ3n) is 4.44. The number of aromatic nitrogens is 1. The van der Waals surface area contributed by atoms with Gasteiger partial charge in [0.1, 0.15) is 12.0 Å². The number of thioether (sulfide) groups is 1. The molecule has 0 unspecified atom stereocenters. The number of pyridine rings is 1. The molecule has 0 bridgehead atoms. The molecule has 0 saturated heterocycles. The number of halogens is 6. The molecule has 2 aromatic rings. The van der Waals surface area contributed by atoms with Gasteiger partial charge in [-0.15, -0.1) is 0 Å². The van der Waals surface area contributed by atoms with Gasteiger partial charge in [0, 0.05) is 30.5 Å². The molecule has 0 radical (unpaired) electrons. The van der Waals surface area contributed by atoms with Crippen LogP contribution in [0.5, 0.6) is 0 Å². The third kappa shape index (κ3) is 12.4. The van der Waals surface area contributed by atoms with Gasteiger partial charge in [-0.2, -0.15) is 38.1 Å². The van der Waals surface area contributed by atoms with E-state index in [0.717, 1.165) is 28.2 Å². The third-order valence-corrected chi connectivity index (χ3v) is 5.48. The molecule has 0 aliphatic carbocycles. The fourth-order valence-corrected chi connectivity index (χ4v) is 3.60. The number of H-pyrrole nitrogens is 1. The molecule has 1 aromatic carbocycles. The van der Waals surface area contributed by atoms with E-state index in [0.29, 0.717) is 6.42 Å². The van der Waals surface area contributed by atoms with E-state index in [4.69, 9.17) is 9.90 Å². The normalized spacial score (nSPS) is 12.2. The number of amides is 2. The second-order valence-electron chi connectivity index (χ2n) is 7.47. The van der Waals surface area contributed by atoms with Gasteiger partial charge in [-0.1, -0.05) is 12.1 Å². The number of nitrogens with one attached hydrogen (secondary N) is 3. The topological polar surface area (TPSA) is 130 Å². The molecule has 37 heavy (non-hydrogen) atoms. The smallest absolute Gasteiger partial charge is 0.450 e. The standard InChI is InChI=1S/C20H22F3N3O3S.C2HF3O2/c1-13(27)26-17(7-4-8-30-12-18(28)20(21,22)23)19(29)25-11-14-9-15-5-2-3-6-16(15)24-10-14;3-2(4,5)1(6)7/h2-3,5-6,9-10,17H,4,7-8,11-12H2,1H3,(H,25,29)(H,26,27);(H,6,7)/t17-;/m0./s1. The summed E-state index contributed by atoms with van der Waals surface area (Å²) in [7, 11) is 0. The first-order chi connectivity index (χ1) is 17.1. The minimum Gasteiger partial charge on any atom is -0.542 e. The van der Waals surface area contributed by atoms with Gasteiger partial charge in [0.2, 0.25) is 23.1 Å². The van der Waals surface area contributed by atoms with Crippen LogP contribution in [-0.4, -0.2) is 53.5 Å². The van der Waals surface area contributed by atoms with Crippen LogP contribution in [0.1, 0.15) is 25.3 Å². The SMILES string of the molecule is CC(=O)N[C@@H](CCCSCC(=O)C(F)(F)F)C(=O)NCc1c[nH+]c2ccccc2c1.O=C([O-])C(F)(F)F. The number of carbonyl (C=O) groups is 4. The number of benzene rings is 1. The van der Waals surface area contributed by atoms with Crippen LogP contribution in [0.3, 0.4) is 0 Å². The Labute approximate surface area is 211 Å². The fraction of sp³-hybridized carbons (Fsp3) is 0.409. The van der Waals surface area contributed by atoms with Crippen LogP contribution in [0, 0.1) is 0 Å². The average Bonchev–Trinajstić information content (AvgIpc) is 2.80. The second-order valence-corrected chi connectivity index (χ2v) is 8.57. The monoisotopic (exact) mass is 555 g/mol. The molecule has 0 fully saturated rings. The molecule has 3 N–H and O–H groups in total. The van der Waals surface area contributed by atoms with Gasteiger partial charge in [0.15, 0.2) is 6.20 Å². The highest BCUT2D eigenvalue weighted by atomic mass is 32.2. The number of Topliss-reactive ketones (excluding diaryl/α,β-unsaturated/α-hetero) is 1. The number of carbonyl (C=O) groups excluding carboxylic acids is 4. The number of ketones is 1. The van der Waals surface area contributed by atoms with Crippen LogP contribution in [-0.2, 0) is 25.7 Å². The van der Waals surface area contributed by atoms with E-state index < -0.39 is 35.9 Å². The maximum absolute atomic E-state index is 12.5. The van der Waals surface area contributed by atoms with E-state index in [1.807, 2.05) is 30.3 Å². The largest absolute Gasteiger partial charge is 0.542 e. The van der Waals surface area contributed by atoms with Gasteiger partial charge >= 0.3 is 12.4 Å². The minimum atomic E-state index is -5.19. The summed E-state index contributed by atoms with van der Waals surface area (Å²) >= 11 is 0.854. The molecule has 8 nitrogen and oxygen atoms in total. The predicted octanol–water partition coefficient (Wildman–Crippen LogP) is 1.72. The number of carboxylic acids is 1. The summed E-state index contributed by atoms with van der Waals surface area (Å²) in [4.78, 5) is 46.6. The Morgan fingerprint density at radius 2 is 1.68 bits per heavy atom. The molecular weight excluding hydrogens is 532 g/mol. The lowest BCUT2D eigenvalue weighted by molar-refractivity contribution is -0.345. The number of alkyl halides is 6. The van der Waals surface area contributed by atoms with Crippen LogP contribution in [0.2, 0.25) is 0 Å². The summed E-state index contributed by atoms with van der Waals surface area (Å²) in [6.45, 7) is 1.54. The predicted molar refractivity (Wildman–Crippen MR) is 119 cm³/mol. The summed E-state index contributed by atoms with van der Waals surface area (Å²) in [6.07, 6.45) is -7.61. The molecular formula is C22H23F6N3O5S. The lowest BCUT2D eigenvalue weighted by Gasteiger charge is -2.17. The molecule has 0 spiro atoms. The van der Waals surface area contributed by atoms with Crippen LogP contribution in [0.15, 0.2) is 36.5 Å². The van der Waals surface area contributed by atoms with Crippen molar-refractivity contribution >= 4 is 46.2 Å². The van der Waals surface area contributed by atoms with Crippen molar-refractivity contribution < 1.29 is 55.6 Å². The van der Waals surface area contributed by atoms with E-state index in [9.17, 15) is 40.7 Å². The fourth-order valence-electron chi connectivity index (χ4n) is 2.73. The molecule has 2 amide bonds. The van der Waals surface area contributed by atoms with Gasteiger partial charge < -0.3 is 20.5 Å². The highest BCUT2D eigenvalue weighted by Gasteiger charge is 2.37. The summed E-state index contributed by atoms with van der Waals surface area (Å²) in [6, 6.07) is 8.84. The zero-order valence-electron chi connectivity index (χ0n) is 19.3. The van der Waals surface area contributed by atoms with Crippen molar-refractivity contribution in [1.82, 2.24) is 10.6 Å². The molecule has 0 saturated carbocycles. The second kappa shape index (κ2) is 14.4. The molecule has 0 aliphatic rings. The number of aliphatic carboxylic acids is 1. The van der Waals surface area contributed by atoms with E-state index in [-0.39, 0.29) is 30.5 Å². The zero-order chi connectivity index (χ0) is 28.2. The number of carboxylic acid groups (broad SMARTS) is 1. The molecule has 204 valence electrons. The Hall–Kier alpha value is -3.36. The minimum absolute atomic E-state index is 0.252. The number of fused-ring (bicyclic) bond motifs is 1. The quantitative estimate of drug-likeness (QED) is 0.339. The Balaban J connectivity index is 0.000000856. The van der Waals surface area contributed by atoms with E-state index in [2.05, 4.69) is 15.6 Å². The van der Waals surface area contributed by atoms with Crippen molar-refractivity contribution in [2.45, 2.75) is 44.7 Å². The first kappa shape index (κ1) is 31.7. The molecule has 2 rings (SSSR count). The maximum Gasteiger partial charge on any atom is 0.450 e. The van der Waals surface area contributed by atoms with Crippen molar-refractivity contribution in [3.05, 3.63) is 42.1 Å². The van der Waals surface area contributed by atoms with Crippen molar-refractivity contribution in [2.75, 3.05) is 11.5 Å². The van der Waals surface area contributed by atoms with Crippen molar-refractivity contribution in [1.29, 1.82) is 0 Å². The van der Waals surface area contributed by atoms with Crippen molar-refractivity contribution in [3.63, 3.8) is 0 Å². The summed E-state index contributed by atoms with van der Waals surface area (Å²) in [5.41, 5.74) is 1.81. The Morgan fingerprint density at radius 3 is 2.24 bits per heavy atom. The first-order valence-electron chi connectivity index (χ1n) is 10.5. The number of para-hydroxylation sites is 1. The number of rotatable bonds is 10. The Bertz CT molecular complexity index is 1090. The van der Waals surface area contributed by atoms with Crippen molar-refractivity contribution in [3.8, 4) is 0 Å². The van der Waals surface area contributed by atoms with E-state index >= 15 is 0 Å². The zero-order valence-corrected chi connectivity index (χ0v) is 20.1. The van der Waals surface area contributed by atoms with E-state index in [1.54, 1.807) is 6.20 Å². The molecule has 1 heterocycles. The highest BCUT2D eigenvalue weighted by Crippen LogP contribution is 2.19. The summed E-state index contributed by atoms with van der Waals surface area (Å²) in [5.74, 6) is -5.93. The summed E-state index contributed by atoms with van der Waals surface area (Å²) in [5, 5.41) is 15.1. The highest BCUT2D eigenvalue weighted by molar-refractivity contribution is 7.99. The summed E-state index contributed by atoms with van der Waals surface area (Å²) < 4.78 is 68.1. The first-order valence-corrected chi connectivity index (χ1v) is 11.7. The van der Waals surface area contributed by atoms with Crippen LogP contribution in [0.25, 0.3) is 10.9 Å². The molecule has 1 aromatic heterocycles. The van der Waals surface area contributed by atoms with Gasteiger partial charge in [0.25, 0.3) is 0 Å². The lowest BCUT2D eigenvalue weighted by Crippen LogP contribution is -2.45. The van der Waals surface area contributed by atoms with Gasteiger partial charge in [-0.05, 0) is 30.7 Å². The van der Waals surface area contributed by atoms with Gasteiger partial charge in [0.05, 0.1) is 5.75 Å². The average molecular weight is 555 g/mol. The molecule has 0 aliphatic heterocycles. The van der Waals surface area contributed by atoms with Crippen molar-refractivity contribution in [2.24, 2.45) is 0 Å². The number of hydrogen-bond acceptors (Lipinski definition) is 6. The molecule has 1 atom stereocenters. The maximum atomic E-state index is 12.5. The van der Waals surface area contributed by atoms with E-state index in [1.165, 1.54) is 6.92 Å². The number of hydrogen-bond donors (Lipinski definition) is 2. The Morgan fingerprint density at radius 1 is 1.05 bits per heavy atom. The van der Waals surface area contributed by atoms with Gasteiger partial charge in [-0.3, -0.25) is 14.4 Å². The van der Waals surface area contributed by atoms with Gasteiger partial charge in [-0.25, -0.2) is 4.98 Å². The van der Waals surface area contributed by atoms with Crippen LogP contribution in [0.4, 0.5) is 26.3 Å². The van der Waals surface area contributed by atoms with Crippen LogP contribution < -0.4 is 20.7 Å². The molecule has 15 heteroatoms.